The number of nitrogens with one attached hydrogen (secondary N) is 1. The number of rotatable bonds is 6. The van der Waals surface area contributed by atoms with Gasteiger partial charge in [-0.05, 0) is 60.5 Å². The summed E-state index contributed by atoms with van der Waals surface area (Å²) < 4.78 is 19.0. The summed E-state index contributed by atoms with van der Waals surface area (Å²) in [5.74, 6) is -0.669. The minimum atomic E-state index is -0.516. The van der Waals surface area contributed by atoms with Crippen LogP contribution in [-0.2, 0) is 4.79 Å². The topological polar surface area (TPSA) is 50.7 Å². The minimum Gasteiger partial charge on any atom is -0.482 e. The molecule has 0 aliphatic carbocycles. The quantitative estimate of drug-likeness (QED) is 0.472. The molecule has 0 atom stereocenters. The van der Waals surface area contributed by atoms with Gasteiger partial charge in [0, 0.05) is 11.2 Å². The number of aliphatic imine (C=N–C) groups is 1. The lowest BCUT2D eigenvalue weighted by molar-refractivity contribution is -0.118. The Labute approximate surface area is 177 Å². The molecular formula is C22H17Cl2FN2O2. The number of nitrogens with zero attached hydrogens (tertiary/aromatic N) is 1. The summed E-state index contributed by atoms with van der Waals surface area (Å²) in [6.07, 6.45) is 1.67. The fourth-order valence-corrected chi connectivity index (χ4v) is 2.90. The predicted octanol–water partition coefficient (Wildman–Crippen LogP) is 6.21. The Bertz CT molecular complexity index is 1070. The standard InChI is InChI=1S/C22H17Cl2FN2O2/c1-14-16(23)5-4-8-19(14)26-12-15-9-10-21(17(24)11-15)29-13-22(28)27-20-7-3-2-6-18(20)25/h2-12H,13H2,1H3,(H,27,28). The highest BCUT2D eigenvalue weighted by atomic mass is 35.5. The number of ether oxygens (including phenoxy) is 1. The number of carbonyl (C=O) groups excluding carboxylic acids is 1. The van der Waals surface area contributed by atoms with Gasteiger partial charge in [0.2, 0.25) is 0 Å². The van der Waals surface area contributed by atoms with Gasteiger partial charge in [0.25, 0.3) is 5.91 Å². The number of halogens is 3. The zero-order valence-corrected chi connectivity index (χ0v) is 17.0. The van der Waals surface area contributed by atoms with Crippen LogP contribution in [0.4, 0.5) is 15.8 Å². The zero-order chi connectivity index (χ0) is 20.8. The lowest BCUT2D eigenvalue weighted by atomic mass is 10.2. The van der Waals surface area contributed by atoms with E-state index in [1.54, 1.807) is 42.6 Å². The number of carbonyl (C=O) groups is 1. The van der Waals surface area contributed by atoms with Crippen molar-refractivity contribution in [3.63, 3.8) is 0 Å². The van der Waals surface area contributed by atoms with Crippen molar-refractivity contribution in [2.24, 2.45) is 4.99 Å². The van der Waals surface area contributed by atoms with Gasteiger partial charge in [-0.3, -0.25) is 9.79 Å². The summed E-state index contributed by atoms with van der Waals surface area (Å²) in [6, 6.07) is 16.5. The van der Waals surface area contributed by atoms with E-state index in [1.807, 2.05) is 19.1 Å². The van der Waals surface area contributed by atoms with E-state index >= 15 is 0 Å². The molecule has 0 radical (unpaired) electrons. The fourth-order valence-electron chi connectivity index (χ4n) is 2.49. The van der Waals surface area contributed by atoms with Gasteiger partial charge in [0.1, 0.15) is 11.6 Å². The largest absolute Gasteiger partial charge is 0.482 e. The Morgan fingerprint density at radius 3 is 2.66 bits per heavy atom. The van der Waals surface area contributed by atoms with Crippen LogP contribution in [0.3, 0.4) is 0 Å². The van der Waals surface area contributed by atoms with Gasteiger partial charge in [-0.2, -0.15) is 0 Å². The van der Waals surface area contributed by atoms with E-state index in [9.17, 15) is 9.18 Å². The van der Waals surface area contributed by atoms with E-state index in [0.717, 1.165) is 16.8 Å². The molecule has 0 bridgehead atoms. The van der Waals surface area contributed by atoms with Crippen LogP contribution in [0.5, 0.6) is 5.75 Å². The van der Waals surface area contributed by atoms with E-state index in [4.69, 9.17) is 27.9 Å². The van der Waals surface area contributed by atoms with Gasteiger partial charge in [0.15, 0.2) is 6.61 Å². The van der Waals surface area contributed by atoms with Crippen molar-refractivity contribution in [1.29, 1.82) is 0 Å². The SMILES string of the molecule is Cc1c(Cl)cccc1N=Cc1ccc(OCC(=O)Nc2ccccc2F)c(Cl)c1. The molecule has 0 aliphatic heterocycles. The number of benzene rings is 3. The molecule has 3 aromatic carbocycles. The Kier molecular flexibility index (Phi) is 6.86. The third-order valence-corrected chi connectivity index (χ3v) is 4.76. The Balaban J connectivity index is 1.62. The lowest BCUT2D eigenvalue weighted by Crippen LogP contribution is -2.20. The van der Waals surface area contributed by atoms with Crippen LogP contribution in [0.1, 0.15) is 11.1 Å². The van der Waals surface area contributed by atoms with Gasteiger partial charge in [0.05, 0.1) is 16.4 Å². The highest BCUT2D eigenvalue weighted by Crippen LogP contribution is 2.27. The molecule has 1 amide bonds. The molecule has 0 spiro atoms. The predicted molar refractivity (Wildman–Crippen MR) is 115 cm³/mol. The first-order valence-corrected chi connectivity index (χ1v) is 9.45. The number of para-hydroxylation sites is 1. The molecule has 3 rings (SSSR count). The van der Waals surface area contributed by atoms with Gasteiger partial charge in [-0.15, -0.1) is 0 Å². The summed E-state index contributed by atoms with van der Waals surface area (Å²) in [7, 11) is 0. The van der Waals surface area contributed by atoms with Gasteiger partial charge < -0.3 is 10.1 Å². The van der Waals surface area contributed by atoms with Crippen molar-refractivity contribution in [3.05, 3.63) is 87.7 Å². The Hall–Kier alpha value is -2.89. The molecular weight excluding hydrogens is 414 g/mol. The maximum Gasteiger partial charge on any atom is 0.262 e. The molecule has 1 N–H and O–H groups in total. The fraction of sp³-hybridized carbons (Fsp3) is 0.0909. The summed E-state index contributed by atoms with van der Waals surface area (Å²) in [5.41, 5.74) is 2.50. The van der Waals surface area contributed by atoms with E-state index in [0.29, 0.717) is 15.8 Å². The molecule has 7 heteroatoms. The number of hydrogen-bond acceptors (Lipinski definition) is 3. The first-order valence-electron chi connectivity index (χ1n) is 8.70. The van der Waals surface area contributed by atoms with Crippen molar-refractivity contribution in [3.8, 4) is 5.75 Å². The van der Waals surface area contributed by atoms with Crippen LogP contribution >= 0.6 is 23.2 Å². The van der Waals surface area contributed by atoms with Crippen LogP contribution in [-0.4, -0.2) is 18.7 Å². The van der Waals surface area contributed by atoms with Crippen molar-refractivity contribution in [1.82, 2.24) is 0 Å². The van der Waals surface area contributed by atoms with Crippen LogP contribution in [0.2, 0.25) is 10.0 Å². The van der Waals surface area contributed by atoms with Crippen LogP contribution in [0.15, 0.2) is 65.7 Å². The maximum absolute atomic E-state index is 13.6. The molecule has 0 aliphatic rings. The normalized spacial score (nSPS) is 10.9. The van der Waals surface area contributed by atoms with Crippen LogP contribution in [0.25, 0.3) is 0 Å². The second kappa shape index (κ2) is 9.54. The second-order valence-electron chi connectivity index (χ2n) is 6.15. The van der Waals surface area contributed by atoms with Gasteiger partial charge >= 0.3 is 0 Å². The van der Waals surface area contributed by atoms with E-state index in [2.05, 4.69) is 10.3 Å². The van der Waals surface area contributed by atoms with Crippen LogP contribution < -0.4 is 10.1 Å². The molecule has 0 aromatic heterocycles. The zero-order valence-electron chi connectivity index (χ0n) is 15.5. The van der Waals surface area contributed by atoms with E-state index in [-0.39, 0.29) is 12.3 Å². The Morgan fingerprint density at radius 1 is 1.10 bits per heavy atom. The minimum absolute atomic E-state index is 0.0927. The summed E-state index contributed by atoms with van der Waals surface area (Å²) in [6.45, 7) is 1.59. The highest BCUT2D eigenvalue weighted by Gasteiger charge is 2.09. The van der Waals surface area contributed by atoms with E-state index < -0.39 is 11.7 Å². The van der Waals surface area contributed by atoms with Crippen molar-refractivity contribution >= 4 is 46.7 Å². The molecule has 29 heavy (non-hydrogen) atoms. The summed E-state index contributed by atoms with van der Waals surface area (Å²) in [4.78, 5) is 16.4. The number of anilines is 1. The molecule has 0 saturated carbocycles. The van der Waals surface area contributed by atoms with Crippen molar-refractivity contribution in [2.45, 2.75) is 6.92 Å². The van der Waals surface area contributed by atoms with E-state index in [1.165, 1.54) is 12.1 Å². The average molecular weight is 431 g/mol. The van der Waals surface area contributed by atoms with Crippen molar-refractivity contribution < 1.29 is 13.9 Å². The third kappa shape index (κ3) is 5.56. The first kappa shape index (κ1) is 20.8. The molecule has 3 aromatic rings. The lowest BCUT2D eigenvalue weighted by Gasteiger charge is -2.10. The molecule has 148 valence electrons. The van der Waals surface area contributed by atoms with Crippen LogP contribution in [0, 0.1) is 12.7 Å². The molecule has 0 fully saturated rings. The molecule has 4 nitrogen and oxygen atoms in total. The molecule has 0 heterocycles. The molecule has 0 saturated heterocycles. The number of hydrogen-bond donors (Lipinski definition) is 1. The molecule has 0 unspecified atom stereocenters. The third-order valence-electron chi connectivity index (χ3n) is 4.05. The smallest absolute Gasteiger partial charge is 0.262 e. The Morgan fingerprint density at radius 2 is 1.90 bits per heavy atom. The van der Waals surface area contributed by atoms with Gasteiger partial charge in [-0.1, -0.05) is 41.4 Å². The monoisotopic (exact) mass is 430 g/mol. The highest BCUT2D eigenvalue weighted by molar-refractivity contribution is 6.32. The summed E-state index contributed by atoms with van der Waals surface area (Å²) in [5, 5.41) is 3.42. The maximum atomic E-state index is 13.6. The van der Waals surface area contributed by atoms with Gasteiger partial charge in [-0.25, -0.2) is 4.39 Å². The second-order valence-corrected chi connectivity index (χ2v) is 6.96. The van der Waals surface area contributed by atoms with Crippen molar-refractivity contribution in [2.75, 3.05) is 11.9 Å². The average Bonchev–Trinajstić information content (AvgIpc) is 2.70. The first-order chi connectivity index (χ1) is 13.9. The summed E-state index contributed by atoms with van der Waals surface area (Å²) >= 11 is 12.3. The number of amides is 1.